The molecule has 2 heterocycles. The second-order valence-corrected chi connectivity index (χ2v) is 11.0. The number of aryl methyl sites for hydroxylation is 2. The summed E-state index contributed by atoms with van der Waals surface area (Å²) in [6.45, 7) is 5.71. The Labute approximate surface area is 222 Å². The highest BCUT2D eigenvalue weighted by Crippen LogP contribution is 2.31. The summed E-state index contributed by atoms with van der Waals surface area (Å²) in [5, 5.41) is 10.8. The Bertz CT molecular complexity index is 1610. The molecule has 8 nitrogen and oxygen atoms in total. The molecule has 0 fully saturated rings. The smallest absolute Gasteiger partial charge is 0.277 e. The molecule has 38 heavy (non-hydrogen) atoms. The van der Waals surface area contributed by atoms with Crippen molar-refractivity contribution < 1.29 is 18.3 Å². The lowest BCUT2D eigenvalue weighted by Crippen LogP contribution is -2.33. The Hall–Kier alpha value is -3.98. The molecular formula is C29H31N3O5S. The molecule has 2 aromatic heterocycles. The molecule has 0 aliphatic heterocycles. The van der Waals surface area contributed by atoms with Crippen LogP contribution in [0.3, 0.4) is 0 Å². The minimum Gasteiger partial charge on any atom is -0.496 e. The predicted octanol–water partition coefficient (Wildman–Crippen LogP) is 5.11. The van der Waals surface area contributed by atoms with Gasteiger partial charge in [-0.3, -0.25) is 14.3 Å². The molecule has 4 rings (SSSR count). The minimum absolute atomic E-state index is 0.111. The van der Waals surface area contributed by atoms with Gasteiger partial charge in [0.1, 0.15) is 11.6 Å². The molecule has 0 bridgehead atoms. The number of hydrogen-bond acceptors (Lipinski definition) is 7. The number of pyridine rings is 1. The lowest BCUT2D eigenvalue weighted by Gasteiger charge is -2.22. The van der Waals surface area contributed by atoms with E-state index in [1.165, 1.54) is 23.8 Å². The normalized spacial score (nSPS) is 12.3. The number of sulfone groups is 1. The maximum absolute atomic E-state index is 13.9. The molecule has 0 amide bonds. The third-order valence-electron chi connectivity index (χ3n) is 6.62. The van der Waals surface area contributed by atoms with Crippen LogP contribution < -0.4 is 10.3 Å². The van der Waals surface area contributed by atoms with E-state index in [1.54, 1.807) is 37.5 Å². The fourth-order valence-corrected chi connectivity index (χ4v) is 5.92. The fourth-order valence-electron chi connectivity index (χ4n) is 4.57. The molecule has 0 aliphatic carbocycles. The molecule has 1 atom stereocenters. The molecule has 1 unspecified atom stereocenters. The van der Waals surface area contributed by atoms with Gasteiger partial charge in [-0.1, -0.05) is 43.7 Å². The third kappa shape index (κ3) is 5.06. The summed E-state index contributed by atoms with van der Waals surface area (Å²) in [5.41, 5.74) is 2.55. The summed E-state index contributed by atoms with van der Waals surface area (Å²) in [6.07, 6.45) is 5.35. The van der Waals surface area contributed by atoms with Gasteiger partial charge in [0.25, 0.3) is 5.56 Å². The number of unbranched alkanes of at least 4 members (excludes halogenated alkanes) is 1. The highest BCUT2D eigenvalue weighted by molar-refractivity contribution is 7.91. The molecule has 0 spiro atoms. The molecule has 0 saturated heterocycles. The second kappa shape index (κ2) is 11.2. The number of hydrogen-bond donors (Lipinski definition) is 1. The van der Waals surface area contributed by atoms with Gasteiger partial charge in [0.2, 0.25) is 15.7 Å². The van der Waals surface area contributed by atoms with Gasteiger partial charge in [-0.2, -0.15) is 4.98 Å². The van der Waals surface area contributed by atoms with Crippen LogP contribution in [-0.4, -0.2) is 35.2 Å². The highest BCUT2D eigenvalue weighted by Gasteiger charge is 2.31. The van der Waals surface area contributed by atoms with Crippen LogP contribution in [-0.2, 0) is 16.3 Å². The van der Waals surface area contributed by atoms with E-state index in [0.717, 1.165) is 23.1 Å². The molecule has 9 heteroatoms. The zero-order chi connectivity index (χ0) is 27.4. The molecule has 1 N–H and O–H groups in total. The number of ether oxygens (including phenoxy) is 1. The average molecular weight is 534 g/mol. The van der Waals surface area contributed by atoms with Crippen LogP contribution in [0, 0.1) is 6.92 Å². The van der Waals surface area contributed by atoms with Crippen molar-refractivity contribution in [3.8, 4) is 22.8 Å². The predicted molar refractivity (Wildman–Crippen MR) is 145 cm³/mol. The number of para-hydroxylation sites is 1. The zero-order valence-corrected chi connectivity index (χ0v) is 22.7. The summed E-state index contributed by atoms with van der Waals surface area (Å²) < 4.78 is 34.2. The third-order valence-corrected chi connectivity index (χ3v) is 8.41. The van der Waals surface area contributed by atoms with Crippen LogP contribution in [0.2, 0.25) is 0 Å². The number of nitrogens with zero attached hydrogens (tertiary/aromatic N) is 3. The lowest BCUT2D eigenvalue weighted by atomic mass is 10.0. The topological polar surface area (TPSA) is 111 Å². The standard InChI is InChI=1S/C29H31N3O5S/c1-5-6-11-26-31-28(33)27(29(34)32(26)20(3)24-9-7-8-10-25(24)37-4)38(35,36)22-14-12-21(13-15-22)23-16-17-30-18-19(23)2/h7-10,12-18,20,33H,5-6,11H2,1-4H3. The monoisotopic (exact) mass is 533 g/mol. The van der Waals surface area contributed by atoms with Crippen molar-refractivity contribution in [2.45, 2.75) is 55.9 Å². The molecule has 2 aromatic carbocycles. The quantitative estimate of drug-likeness (QED) is 0.318. The van der Waals surface area contributed by atoms with Gasteiger partial charge in [-0.25, -0.2) is 8.42 Å². The first kappa shape index (κ1) is 27.1. The van der Waals surface area contributed by atoms with Crippen LogP contribution in [0.4, 0.5) is 0 Å². The summed E-state index contributed by atoms with van der Waals surface area (Å²) in [7, 11) is -2.85. The molecule has 198 valence electrons. The van der Waals surface area contributed by atoms with Crippen molar-refractivity contribution in [1.29, 1.82) is 0 Å². The molecule has 0 saturated carbocycles. The van der Waals surface area contributed by atoms with E-state index in [0.29, 0.717) is 30.0 Å². The van der Waals surface area contributed by atoms with Gasteiger partial charge < -0.3 is 9.84 Å². The van der Waals surface area contributed by atoms with Crippen LogP contribution >= 0.6 is 0 Å². The van der Waals surface area contributed by atoms with Crippen LogP contribution in [0.25, 0.3) is 11.1 Å². The van der Waals surface area contributed by atoms with Gasteiger partial charge in [0.15, 0.2) is 4.90 Å². The summed E-state index contributed by atoms with van der Waals surface area (Å²) in [4.78, 5) is 21.3. The van der Waals surface area contributed by atoms with Crippen molar-refractivity contribution in [3.63, 3.8) is 0 Å². The lowest BCUT2D eigenvalue weighted by molar-refractivity contribution is 0.394. The Morgan fingerprint density at radius 3 is 2.45 bits per heavy atom. The first-order valence-electron chi connectivity index (χ1n) is 12.4. The highest BCUT2D eigenvalue weighted by atomic mass is 32.2. The summed E-state index contributed by atoms with van der Waals surface area (Å²) >= 11 is 0. The van der Waals surface area contributed by atoms with Crippen LogP contribution in [0.1, 0.15) is 49.7 Å². The van der Waals surface area contributed by atoms with Gasteiger partial charge in [-0.05, 0) is 61.2 Å². The van der Waals surface area contributed by atoms with Gasteiger partial charge in [0.05, 0.1) is 18.0 Å². The Morgan fingerprint density at radius 2 is 1.79 bits per heavy atom. The van der Waals surface area contributed by atoms with E-state index < -0.39 is 32.2 Å². The largest absolute Gasteiger partial charge is 0.496 e. The first-order chi connectivity index (χ1) is 18.2. The number of aromatic nitrogens is 3. The zero-order valence-electron chi connectivity index (χ0n) is 21.9. The summed E-state index contributed by atoms with van der Waals surface area (Å²) in [5.74, 6) is 0.0849. The number of benzene rings is 2. The van der Waals surface area contributed by atoms with E-state index in [1.807, 2.05) is 38.1 Å². The number of rotatable bonds is 9. The van der Waals surface area contributed by atoms with Gasteiger partial charge >= 0.3 is 0 Å². The van der Waals surface area contributed by atoms with Crippen molar-refractivity contribution in [3.05, 3.63) is 94.3 Å². The van der Waals surface area contributed by atoms with Crippen molar-refractivity contribution >= 4 is 9.84 Å². The maximum atomic E-state index is 13.9. The summed E-state index contributed by atoms with van der Waals surface area (Å²) in [6, 6.07) is 14.7. The van der Waals surface area contributed by atoms with E-state index in [4.69, 9.17) is 4.74 Å². The Kier molecular flexibility index (Phi) is 7.97. The second-order valence-electron chi connectivity index (χ2n) is 9.10. The number of aromatic hydroxyl groups is 1. The first-order valence-corrected chi connectivity index (χ1v) is 13.9. The van der Waals surface area contributed by atoms with Gasteiger partial charge in [0, 0.05) is 24.4 Å². The maximum Gasteiger partial charge on any atom is 0.277 e. The Morgan fingerprint density at radius 1 is 1.08 bits per heavy atom. The molecule has 4 aromatic rings. The van der Waals surface area contributed by atoms with E-state index >= 15 is 0 Å². The Balaban J connectivity index is 1.86. The minimum atomic E-state index is -4.39. The van der Waals surface area contributed by atoms with E-state index in [-0.39, 0.29) is 4.90 Å². The van der Waals surface area contributed by atoms with Crippen LogP contribution in [0.15, 0.2) is 81.6 Å². The molecular weight excluding hydrogens is 502 g/mol. The van der Waals surface area contributed by atoms with Crippen LogP contribution in [0.5, 0.6) is 11.6 Å². The van der Waals surface area contributed by atoms with Crippen molar-refractivity contribution in [1.82, 2.24) is 14.5 Å². The average Bonchev–Trinajstić information content (AvgIpc) is 2.91. The van der Waals surface area contributed by atoms with E-state index in [2.05, 4.69) is 9.97 Å². The van der Waals surface area contributed by atoms with Gasteiger partial charge in [-0.15, -0.1) is 0 Å². The number of methoxy groups -OCH3 is 1. The fraction of sp³-hybridized carbons (Fsp3) is 0.276. The SMILES string of the molecule is CCCCc1nc(O)c(S(=O)(=O)c2ccc(-c3ccncc3C)cc2)c(=O)n1C(C)c1ccccc1OC. The van der Waals surface area contributed by atoms with Crippen molar-refractivity contribution in [2.24, 2.45) is 0 Å². The molecule has 0 aliphatic rings. The molecule has 0 radical (unpaired) electrons. The van der Waals surface area contributed by atoms with Crippen molar-refractivity contribution in [2.75, 3.05) is 7.11 Å². The van der Waals surface area contributed by atoms with E-state index in [9.17, 15) is 18.3 Å².